The van der Waals surface area contributed by atoms with Gasteiger partial charge in [0.25, 0.3) is 0 Å². The van der Waals surface area contributed by atoms with Crippen molar-refractivity contribution in [1.82, 2.24) is 0 Å². The van der Waals surface area contributed by atoms with E-state index in [0.29, 0.717) is 6.61 Å². The molecule has 108 valence electrons. The fourth-order valence-electron chi connectivity index (χ4n) is 1.50. The molecule has 0 saturated heterocycles. The third kappa shape index (κ3) is 6.04. The Bertz CT molecular complexity index is 453. The van der Waals surface area contributed by atoms with Crippen LogP contribution in [0.15, 0.2) is 36.9 Å². The smallest absolute Gasteiger partial charge is 0.325 e. The molecule has 0 bridgehead atoms. The topological polar surface area (TPSA) is 64.6 Å². The molecule has 0 aliphatic carbocycles. The molecule has 0 fully saturated rings. The van der Waals surface area contributed by atoms with Gasteiger partial charge in [0.15, 0.2) is 0 Å². The van der Waals surface area contributed by atoms with Gasteiger partial charge in [-0.1, -0.05) is 24.8 Å². The van der Waals surface area contributed by atoms with E-state index in [1.807, 2.05) is 12.1 Å². The minimum Gasteiger partial charge on any atom is -0.466 e. The van der Waals surface area contributed by atoms with Crippen molar-refractivity contribution >= 4 is 17.6 Å². The molecule has 20 heavy (non-hydrogen) atoms. The maximum absolute atomic E-state index is 11.3. The summed E-state index contributed by atoms with van der Waals surface area (Å²) in [5.74, 6) is -0.596. The van der Waals surface area contributed by atoms with E-state index in [4.69, 9.17) is 9.47 Å². The summed E-state index contributed by atoms with van der Waals surface area (Å²) in [5, 5.41) is 2.93. The number of esters is 2. The second kappa shape index (κ2) is 8.74. The minimum atomic E-state index is -0.347. The number of ether oxygens (including phenoxy) is 2. The average Bonchev–Trinajstić information content (AvgIpc) is 2.44. The molecular weight excluding hydrogens is 258 g/mol. The lowest BCUT2D eigenvalue weighted by atomic mass is 10.1. The van der Waals surface area contributed by atoms with Gasteiger partial charge < -0.3 is 14.8 Å². The lowest BCUT2D eigenvalue weighted by Crippen LogP contribution is -2.16. The first kappa shape index (κ1) is 15.8. The fourth-order valence-corrected chi connectivity index (χ4v) is 1.50. The Morgan fingerprint density at radius 2 is 1.90 bits per heavy atom. The number of nitrogens with one attached hydrogen (secondary N) is 1. The monoisotopic (exact) mass is 277 g/mol. The van der Waals surface area contributed by atoms with Crippen molar-refractivity contribution in [3.05, 3.63) is 42.5 Å². The molecule has 0 aliphatic heterocycles. The molecule has 0 amide bonds. The summed E-state index contributed by atoms with van der Waals surface area (Å²) in [6, 6.07) is 7.23. The Kier molecular flexibility index (Phi) is 6.89. The van der Waals surface area contributed by atoms with Crippen LogP contribution in [0.4, 0.5) is 5.69 Å². The lowest BCUT2D eigenvalue weighted by molar-refractivity contribution is -0.142. The number of carbonyl (C=O) groups excluding carboxylic acids is 2. The fraction of sp³-hybridized carbons (Fsp3) is 0.333. The summed E-state index contributed by atoms with van der Waals surface area (Å²) in [6.07, 6.45) is 1.76. The van der Waals surface area contributed by atoms with Gasteiger partial charge in [-0.15, -0.1) is 0 Å². The van der Waals surface area contributed by atoms with E-state index in [1.54, 1.807) is 19.1 Å². The second-order valence-electron chi connectivity index (χ2n) is 4.00. The molecule has 5 heteroatoms. The quantitative estimate of drug-likeness (QED) is 0.581. The van der Waals surface area contributed by atoms with Crippen LogP contribution in [0.3, 0.4) is 0 Å². The first-order chi connectivity index (χ1) is 9.65. The highest BCUT2D eigenvalue weighted by Gasteiger charge is 2.04. The number of carbonyl (C=O) groups is 2. The Morgan fingerprint density at radius 1 is 1.20 bits per heavy atom. The summed E-state index contributed by atoms with van der Waals surface area (Å²) in [5.41, 5.74) is 1.65. The summed E-state index contributed by atoms with van der Waals surface area (Å²) in [6.45, 7) is 5.91. The van der Waals surface area contributed by atoms with Gasteiger partial charge in [0, 0.05) is 5.69 Å². The normalized spacial score (nSPS) is 9.65. The van der Waals surface area contributed by atoms with Crippen LogP contribution in [0, 0.1) is 0 Å². The van der Waals surface area contributed by atoms with Crippen molar-refractivity contribution in [3.8, 4) is 0 Å². The van der Waals surface area contributed by atoms with Crippen molar-refractivity contribution in [2.75, 3.05) is 25.1 Å². The van der Waals surface area contributed by atoms with Gasteiger partial charge in [-0.25, -0.2) is 0 Å². The van der Waals surface area contributed by atoms with Gasteiger partial charge >= 0.3 is 11.9 Å². The number of rotatable bonds is 8. The van der Waals surface area contributed by atoms with Crippen LogP contribution < -0.4 is 5.32 Å². The molecule has 0 atom stereocenters. The predicted octanol–water partition coefficient (Wildman–Crippen LogP) is 1.93. The van der Waals surface area contributed by atoms with Crippen LogP contribution in [-0.2, 0) is 25.5 Å². The van der Waals surface area contributed by atoms with Gasteiger partial charge in [0.05, 0.1) is 13.0 Å². The zero-order valence-corrected chi connectivity index (χ0v) is 11.6. The van der Waals surface area contributed by atoms with Crippen LogP contribution in [0.25, 0.3) is 0 Å². The Morgan fingerprint density at radius 3 is 2.50 bits per heavy atom. The van der Waals surface area contributed by atoms with Crippen LogP contribution >= 0.6 is 0 Å². The van der Waals surface area contributed by atoms with Crippen LogP contribution in [-0.4, -0.2) is 31.7 Å². The SMILES string of the molecule is C=CCOC(=O)CNc1ccc(CC(=O)OCC)cc1. The molecule has 1 rings (SSSR count). The lowest BCUT2D eigenvalue weighted by Gasteiger charge is -2.07. The second-order valence-corrected chi connectivity index (χ2v) is 4.00. The van der Waals surface area contributed by atoms with Crippen molar-refractivity contribution in [2.24, 2.45) is 0 Å². The third-order valence-electron chi connectivity index (χ3n) is 2.41. The molecule has 0 radical (unpaired) electrons. The van der Waals surface area contributed by atoms with E-state index in [2.05, 4.69) is 11.9 Å². The molecule has 0 aliphatic rings. The minimum absolute atomic E-state index is 0.0884. The van der Waals surface area contributed by atoms with Crippen molar-refractivity contribution in [3.63, 3.8) is 0 Å². The standard InChI is InChI=1S/C15H19NO4/c1-3-9-20-15(18)11-16-13-7-5-12(6-8-13)10-14(17)19-4-2/h3,5-8,16H,1,4,9-11H2,2H3. The zero-order valence-electron chi connectivity index (χ0n) is 11.6. The van der Waals surface area contributed by atoms with E-state index >= 15 is 0 Å². The number of hydrogen-bond donors (Lipinski definition) is 1. The number of hydrogen-bond acceptors (Lipinski definition) is 5. The highest BCUT2D eigenvalue weighted by Crippen LogP contribution is 2.10. The van der Waals surface area contributed by atoms with Crippen LogP contribution in [0.1, 0.15) is 12.5 Å². The number of benzene rings is 1. The largest absolute Gasteiger partial charge is 0.466 e. The molecule has 1 aromatic carbocycles. The van der Waals surface area contributed by atoms with E-state index in [1.165, 1.54) is 6.08 Å². The van der Waals surface area contributed by atoms with Gasteiger partial charge in [0.1, 0.15) is 13.2 Å². The highest BCUT2D eigenvalue weighted by atomic mass is 16.5. The third-order valence-corrected chi connectivity index (χ3v) is 2.41. The summed E-state index contributed by atoms with van der Waals surface area (Å²) in [4.78, 5) is 22.6. The van der Waals surface area contributed by atoms with Crippen molar-refractivity contribution < 1.29 is 19.1 Å². The highest BCUT2D eigenvalue weighted by molar-refractivity contribution is 5.75. The van der Waals surface area contributed by atoms with Gasteiger partial charge in [0.2, 0.25) is 0 Å². The maximum atomic E-state index is 11.3. The number of anilines is 1. The molecule has 0 aromatic heterocycles. The Balaban J connectivity index is 2.40. The molecule has 0 spiro atoms. The predicted molar refractivity (Wildman–Crippen MR) is 76.4 cm³/mol. The summed E-state index contributed by atoms with van der Waals surface area (Å²) < 4.78 is 9.70. The summed E-state index contributed by atoms with van der Waals surface area (Å²) in [7, 11) is 0. The van der Waals surface area contributed by atoms with Crippen LogP contribution in [0.5, 0.6) is 0 Å². The van der Waals surface area contributed by atoms with E-state index in [-0.39, 0.29) is 31.5 Å². The molecule has 1 aromatic rings. The molecule has 5 nitrogen and oxygen atoms in total. The van der Waals surface area contributed by atoms with Gasteiger partial charge in [-0.2, -0.15) is 0 Å². The first-order valence-corrected chi connectivity index (χ1v) is 6.40. The van der Waals surface area contributed by atoms with Crippen LogP contribution in [0.2, 0.25) is 0 Å². The van der Waals surface area contributed by atoms with Crippen molar-refractivity contribution in [1.29, 1.82) is 0 Å². The molecule has 0 unspecified atom stereocenters. The van der Waals surface area contributed by atoms with E-state index in [9.17, 15) is 9.59 Å². The average molecular weight is 277 g/mol. The molecular formula is C15H19NO4. The Labute approximate surface area is 118 Å². The van der Waals surface area contributed by atoms with Gasteiger partial charge in [-0.05, 0) is 24.6 Å². The van der Waals surface area contributed by atoms with Gasteiger partial charge in [-0.3, -0.25) is 9.59 Å². The first-order valence-electron chi connectivity index (χ1n) is 6.40. The van der Waals surface area contributed by atoms with E-state index < -0.39 is 0 Å². The van der Waals surface area contributed by atoms with E-state index in [0.717, 1.165) is 11.3 Å². The maximum Gasteiger partial charge on any atom is 0.325 e. The molecule has 0 heterocycles. The summed E-state index contributed by atoms with van der Waals surface area (Å²) >= 11 is 0. The Hall–Kier alpha value is -2.30. The zero-order chi connectivity index (χ0) is 14.8. The molecule has 1 N–H and O–H groups in total. The van der Waals surface area contributed by atoms with Crippen molar-refractivity contribution in [2.45, 2.75) is 13.3 Å². The molecule has 0 saturated carbocycles.